The van der Waals surface area contributed by atoms with E-state index in [9.17, 15) is 4.79 Å². The highest BCUT2D eigenvalue weighted by Gasteiger charge is 2.43. The monoisotopic (exact) mass is 242 g/mol. The molecule has 94 valence electrons. The summed E-state index contributed by atoms with van der Waals surface area (Å²) in [4.78, 5) is 12.6. The summed E-state index contributed by atoms with van der Waals surface area (Å²) in [6.07, 6.45) is 5.77. The first-order chi connectivity index (χ1) is 8.66. The van der Waals surface area contributed by atoms with Crippen LogP contribution in [0.3, 0.4) is 0 Å². The quantitative estimate of drug-likeness (QED) is 0.738. The van der Waals surface area contributed by atoms with Crippen molar-refractivity contribution in [3.63, 3.8) is 0 Å². The molecule has 0 radical (unpaired) electrons. The largest absolute Gasteiger partial charge is 0.497 e. The first-order valence-electron chi connectivity index (χ1n) is 6.10. The number of fused-ring (bicyclic) bond motifs is 1. The van der Waals surface area contributed by atoms with Crippen LogP contribution < -0.4 is 4.74 Å². The molecule has 18 heavy (non-hydrogen) atoms. The van der Waals surface area contributed by atoms with Gasteiger partial charge in [0.25, 0.3) is 0 Å². The van der Waals surface area contributed by atoms with E-state index in [-0.39, 0.29) is 11.2 Å². The van der Waals surface area contributed by atoms with Crippen molar-refractivity contribution in [2.75, 3.05) is 7.11 Å². The Morgan fingerprint density at radius 3 is 2.56 bits per heavy atom. The van der Waals surface area contributed by atoms with Gasteiger partial charge in [0.1, 0.15) is 5.75 Å². The SMILES string of the molecule is C=CCC1(CC=C)Cc2cc(OC)ccc2C1=O. The van der Waals surface area contributed by atoms with Crippen molar-refractivity contribution in [2.24, 2.45) is 5.41 Å². The first-order valence-corrected chi connectivity index (χ1v) is 6.10. The van der Waals surface area contributed by atoms with Crippen LogP contribution in [0.15, 0.2) is 43.5 Å². The first kappa shape index (κ1) is 12.6. The van der Waals surface area contributed by atoms with Crippen LogP contribution in [0.5, 0.6) is 5.75 Å². The molecule has 1 aromatic rings. The molecule has 0 saturated carbocycles. The highest BCUT2D eigenvalue weighted by molar-refractivity contribution is 6.05. The predicted octanol–water partition coefficient (Wildman–Crippen LogP) is 3.57. The standard InChI is InChI=1S/C16H18O2/c1-4-8-16(9-5-2)11-12-10-13(18-3)6-7-14(12)15(16)17/h4-7,10H,1-2,8-9,11H2,3H3. The van der Waals surface area contributed by atoms with Crippen molar-refractivity contribution in [2.45, 2.75) is 19.3 Å². The van der Waals surface area contributed by atoms with Crippen LogP contribution in [0.25, 0.3) is 0 Å². The minimum atomic E-state index is -0.377. The minimum absolute atomic E-state index is 0.208. The van der Waals surface area contributed by atoms with E-state index in [0.29, 0.717) is 12.8 Å². The minimum Gasteiger partial charge on any atom is -0.497 e. The van der Waals surface area contributed by atoms with Crippen molar-refractivity contribution in [1.82, 2.24) is 0 Å². The van der Waals surface area contributed by atoms with Gasteiger partial charge in [-0.25, -0.2) is 0 Å². The Morgan fingerprint density at radius 1 is 1.33 bits per heavy atom. The van der Waals surface area contributed by atoms with Gasteiger partial charge in [-0.2, -0.15) is 0 Å². The Kier molecular flexibility index (Phi) is 3.37. The molecule has 0 aromatic heterocycles. The highest BCUT2D eigenvalue weighted by atomic mass is 16.5. The lowest BCUT2D eigenvalue weighted by Crippen LogP contribution is -2.26. The van der Waals surface area contributed by atoms with Crippen molar-refractivity contribution in [3.8, 4) is 5.75 Å². The van der Waals surface area contributed by atoms with Crippen molar-refractivity contribution in [3.05, 3.63) is 54.6 Å². The van der Waals surface area contributed by atoms with Gasteiger partial charge in [0.05, 0.1) is 7.11 Å². The molecule has 0 aliphatic heterocycles. The number of rotatable bonds is 5. The zero-order chi connectivity index (χ0) is 13.2. The lowest BCUT2D eigenvalue weighted by Gasteiger charge is -2.24. The number of ketones is 1. The van der Waals surface area contributed by atoms with Gasteiger partial charge in [0, 0.05) is 11.0 Å². The number of allylic oxidation sites excluding steroid dienone is 2. The highest BCUT2D eigenvalue weighted by Crippen LogP contribution is 2.43. The molecule has 0 fully saturated rings. The number of methoxy groups -OCH3 is 1. The average molecular weight is 242 g/mol. The van der Waals surface area contributed by atoms with Gasteiger partial charge < -0.3 is 4.74 Å². The number of ether oxygens (including phenoxy) is 1. The Bertz CT molecular complexity index is 490. The summed E-state index contributed by atoms with van der Waals surface area (Å²) in [5.41, 5.74) is 1.51. The fourth-order valence-electron chi connectivity index (χ4n) is 2.76. The molecule has 2 nitrogen and oxygen atoms in total. The van der Waals surface area contributed by atoms with E-state index in [1.54, 1.807) is 7.11 Å². The number of carbonyl (C=O) groups excluding carboxylic acids is 1. The third-order valence-corrected chi connectivity index (χ3v) is 3.64. The third-order valence-electron chi connectivity index (χ3n) is 3.64. The maximum atomic E-state index is 12.6. The summed E-state index contributed by atoms with van der Waals surface area (Å²) >= 11 is 0. The maximum absolute atomic E-state index is 12.6. The summed E-state index contributed by atoms with van der Waals surface area (Å²) in [6.45, 7) is 7.54. The lowest BCUT2D eigenvalue weighted by molar-refractivity contribution is 0.0825. The zero-order valence-electron chi connectivity index (χ0n) is 10.7. The second-order valence-corrected chi connectivity index (χ2v) is 4.79. The van der Waals surface area contributed by atoms with Gasteiger partial charge in [-0.05, 0) is 43.0 Å². The summed E-state index contributed by atoms with van der Waals surface area (Å²) in [5, 5.41) is 0. The molecule has 1 aromatic carbocycles. The fourth-order valence-corrected chi connectivity index (χ4v) is 2.76. The molecular formula is C16H18O2. The number of hydrogen-bond acceptors (Lipinski definition) is 2. The van der Waals surface area contributed by atoms with E-state index in [1.807, 2.05) is 30.4 Å². The predicted molar refractivity (Wildman–Crippen MR) is 73.1 cm³/mol. The van der Waals surface area contributed by atoms with Gasteiger partial charge in [-0.3, -0.25) is 4.79 Å². The van der Waals surface area contributed by atoms with Gasteiger partial charge in [0.15, 0.2) is 5.78 Å². The maximum Gasteiger partial charge on any atom is 0.170 e. The summed E-state index contributed by atoms with van der Waals surface area (Å²) in [5.74, 6) is 1.01. The van der Waals surface area contributed by atoms with Crippen molar-refractivity contribution < 1.29 is 9.53 Å². The van der Waals surface area contributed by atoms with Gasteiger partial charge >= 0.3 is 0 Å². The molecule has 1 aliphatic rings. The summed E-state index contributed by atoms with van der Waals surface area (Å²) < 4.78 is 5.21. The van der Waals surface area contributed by atoms with Crippen molar-refractivity contribution >= 4 is 5.78 Å². The molecule has 0 saturated heterocycles. The number of Topliss-reactive ketones (excluding diaryl/α,β-unsaturated/α-hetero) is 1. The smallest absolute Gasteiger partial charge is 0.170 e. The molecule has 0 heterocycles. The Hall–Kier alpha value is -1.83. The second kappa shape index (κ2) is 4.81. The van der Waals surface area contributed by atoms with E-state index >= 15 is 0 Å². The molecule has 0 N–H and O–H groups in total. The van der Waals surface area contributed by atoms with Gasteiger partial charge in [0.2, 0.25) is 0 Å². The van der Waals surface area contributed by atoms with E-state index in [2.05, 4.69) is 13.2 Å². The number of carbonyl (C=O) groups is 1. The molecule has 0 bridgehead atoms. The van der Waals surface area contributed by atoms with Crippen LogP contribution in [-0.2, 0) is 6.42 Å². The molecular weight excluding hydrogens is 224 g/mol. The molecule has 0 atom stereocenters. The zero-order valence-corrected chi connectivity index (χ0v) is 10.7. The number of hydrogen-bond donors (Lipinski definition) is 0. The second-order valence-electron chi connectivity index (χ2n) is 4.79. The van der Waals surface area contributed by atoms with Crippen LogP contribution in [0, 0.1) is 5.41 Å². The van der Waals surface area contributed by atoms with Crippen LogP contribution in [0.4, 0.5) is 0 Å². The number of benzene rings is 1. The molecule has 0 amide bonds. The van der Waals surface area contributed by atoms with Crippen LogP contribution >= 0.6 is 0 Å². The van der Waals surface area contributed by atoms with E-state index in [1.165, 1.54) is 0 Å². The van der Waals surface area contributed by atoms with Crippen LogP contribution in [0.1, 0.15) is 28.8 Å². The van der Waals surface area contributed by atoms with E-state index < -0.39 is 0 Å². The molecule has 2 rings (SSSR count). The van der Waals surface area contributed by atoms with Gasteiger partial charge in [-0.15, -0.1) is 13.2 Å². The Balaban J connectivity index is 2.43. The summed E-state index contributed by atoms with van der Waals surface area (Å²) in [6, 6.07) is 5.67. The molecule has 2 heteroatoms. The van der Waals surface area contributed by atoms with Crippen LogP contribution in [-0.4, -0.2) is 12.9 Å². The fraction of sp³-hybridized carbons (Fsp3) is 0.312. The van der Waals surface area contributed by atoms with E-state index in [4.69, 9.17) is 4.74 Å². The Labute approximate surface area is 108 Å². The topological polar surface area (TPSA) is 26.3 Å². The average Bonchev–Trinajstić information content (AvgIpc) is 2.63. The third kappa shape index (κ3) is 1.88. The molecule has 1 aliphatic carbocycles. The van der Waals surface area contributed by atoms with Gasteiger partial charge in [-0.1, -0.05) is 12.2 Å². The Morgan fingerprint density at radius 2 is 2.00 bits per heavy atom. The lowest BCUT2D eigenvalue weighted by atomic mass is 9.77. The normalized spacial score (nSPS) is 16.2. The summed E-state index contributed by atoms with van der Waals surface area (Å²) in [7, 11) is 1.64. The van der Waals surface area contributed by atoms with E-state index in [0.717, 1.165) is 23.3 Å². The molecule has 0 unspecified atom stereocenters. The molecule has 0 spiro atoms. The van der Waals surface area contributed by atoms with Crippen LogP contribution in [0.2, 0.25) is 0 Å². The van der Waals surface area contributed by atoms with Crippen molar-refractivity contribution in [1.29, 1.82) is 0 Å².